The fourth-order valence-electron chi connectivity index (χ4n) is 1.68. The van der Waals surface area contributed by atoms with E-state index in [0.717, 1.165) is 12.4 Å². The van der Waals surface area contributed by atoms with Crippen LogP contribution in [0, 0.1) is 17.2 Å². The van der Waals surface area contributed by atoms with E-state index in [0.29, 0.717) is 11.6 Å². The van der Waals surface area contributed by atoms with Crippen LogP contribution in [0.4, 0.5) is 5.82 Å². The quantitative estimate of drug-likeness (QED) is 0.785. The molecule has 0 saturated heterocycles. The highest BCUT2D eigenvalue weighted by Gasteiger charge is 2.06. The second-order valence-electron chi connectivity index (χ2n) is 4.21. The first kappa shape index (κ1) is 13.4. The molecule has 0 saturated carbocycles. The topological polar surface area (TPSA) is 61.6 Å². The third-order valence-electron chi connectivity index (χ3n) is 2.89. The fourth-order valence-corrected chi connectivity index (χ4v) is 1.68. The van der Waals surface area contributed by atoms with Crippen LogP contribution in [0.3, 0.4) is 0 Å². The van der Waals surface area contributed by atoms with E-state index >= 15 is 0 Å². The van der Waals surface area contributed by atoms with Gasteiger partial charge in [-0.1, -0.05) is 33.1 Å². The zero-order chi connectivity index (χ0) is 12.5. The van der Waals surface area contributed by atoms with Crippen molar-refractivity contribution in [2.24, 2.45) is 5.92 Å². The summed E-state index contributed by atoms with van der Waals surface area (Å²) in [6.45, 7) is 5.36. The van der Waals surface area contributed by atoms with Gasteiger partial charge in [0, 0.05) is 6.54 Å². The van der Waals surface area contributed by atoms with Crippen LogP contribution in [0.25, 0.3) is 0 Å². The minimum atomic E-state index is 0.355. The Labute approximate surface area is 103 Å². The SMILES string of the molecule is CCCCC(CC)CNc1ccc(C#N)nn1. The summed E-state index contributed by atoms with van der Waals surface area (Å²) in [5.41, 5.74) is 0.355. The van der Waals surface area contributed by atoms with E-state index in [1.54, 1.807) is 12.1 Å². The van der Waals surface area contributed by atoms with E-state index < -0.39 is 0 Å². The molecule has 0 radical (unpaired) electrons. The first-order valence-corrected chi connectivity index (χ1v) is 6.27. The van der Waals surface area contributed by atoms with Gasteiger partial charge in [0.05, 0.1) is 0 Å². The lowest BCUT2D eigenvalue weighted by Gasteiger charge is -2.15. The van der Waals surface area contributed by atoms with Crippen LogP contribution in [0.1, 0.15) is 45.2 Å². The summed E-state index contributed by atoms with van der Waals surface area (Å²) in [5.74, 6) is 1.44. The van der Waals surface area contributed by atoms with Crippen molar-refractivity contribution in [1.82, 2.24) is 10.2 Å². The molecule has 0 aromatic carbocycles. The molecule has 1 N–H and O–H groups in total. The van der Waals surface area contributed by atoms with Crippen molar-refractivity contribution in [3.63, 3.8) is 0 Å². The van der Waals surface area contributed by atoms with Gasteiger partial charge in [-0.05, 0) is 24.5 Å². The van der Waals surface area contributed by atoms with Crippen molar-refractivity contribution in [3.05, 3.63) is 17.8 Å². The molecule has 0 spiro atoms. The zero-order valence-corrected chi connectivity index (χ0v) is 10.6. The predicted molar refractivity (Wildman–Crippen MR) is 68.5 cm³/mol. The highest BCUT2D eigenvalue weighted by molar-refractivity contribution is 5.35. The molecule has 1 unspecified atom stereocenters. The molecule has 0 bridgehead atoms. The van der Waals surface area contributed by atoms with E-state index in [9.17, 15) is 0 Å². The molecule has 1 rings (SSSR count). The Kier molecular flexibility index (Phi) is 6.02. The van der Waals surface area contributed by atoms with Crippen molar-refractivity contribution >= 4 is 5.82 Å². The monoisotopic (exact) mass is 232 g/mol. The number of unbranched alkanes of at least 4 members (excludes halogenated alkanes) is 1. The molecular formula is C13H20N4. The third-order valence-corrected chi connectivity index (χ3v) is 2.89. The number of aromatic nitrogens is 2. The number of anilines is 1. The molecule has 0 aliphatic rings. The largest absolute Gasteiger partial charge is 0.368 e. The number of nitrogens with one attached hydrogen (secondary N) is 1. The summed E-state index contributed by atoms with van der Waals surface area (Å²) >= 11 is 0. The highest BCUT2D eigenvalue weighted by Crippen LogP contribution is 2.13. The van der Waals surface area contributed by atoms with Gasteiger partial charge in [0.1, 0.15) is 11.9 Å². The van der Waals surface area contributed by atoms with Crippen LogP contribution >= 0.6 is 0 Å². The van der Waals surface area contributed by atoms with E-state index in [2.05, 4.69) is 29.4 Å². The van der Waals surface area contributed by atoms with Crippen molar-refractivity contribution in [1.29, 1.82) is 5.26 Å². The Morgan fingerprint density at radius 3 is 2.71 bits per heavy atom. The minimum Gasteiger partial charge on any atom is -0.368 e. The molecule has 1 aromatic rings. The second-order valence-corrected chi connectivity index (χ2v) is 4.21. The molecule has 17 heavy (non-hydrogen) atoms. The van der Waals surface area contributed by atoms with E-state index in [-0.39, 0.29) is 0 Å². The zero-order valence-electron chi connectivity index (χ0n) is 10.6. The van der Waals surface area contributed by atoms with Gasteiger partial charge in [0.25, 0.3) is 0 Å². The van der Waals surface area contributed by atoms with E-state index in [1.807, 2.05) is 6.07 Å². The summed E-state index contributed by atoms with van der Waals surface area (Å²) in [4.78, 5) is 0. The summed E-state index contributed by atoms with van der Waals surface area (Å²) in [5, 5.41) is 19.6. The number of rotatable bonds is 7. The maximum Gasteiger partial charge on any atom is 0.163 e. The minimum absolute atomic E-state index is 0.355. The van der Waals surface area contributed by atoms with Crippen molar-refractivity contribution < 1.29 is 0 Å². The lowest BCUT2D eigenvalue weighted by molar-refractivity contribution is 0.472. The molecule has 1 atom stereocenters. The summed E-state index contributed by atoms with van der Waals surface area (Å²) in [7, 11) is 0. The van der Waals surface area contributed by atoms with Gasteiger partial charge in [0.2, 0.25) is 0 Å². The smallest absolute Gasteiger partial charge is 0.163 e. The van der Waals surface area contributed by atoms with Crippen LogP contribution in [-0.2, 0) is 0 Å². The standard InChI is InChI=1S/C13H20N4/c1-3-5-6-11(4-2)10-15-13-8-7-12(9-14)16-17-13/h7-8,11H,3-6,10H2,1-2H3,(H,15,17). The molecule has 4 nitrogen and oxygen atoms in total. The summed E-state index contributed by atoms with van der Waals surface area (Å²) in [6.07, 6.45) is 4.95. The number of nitriles is 1. The lowest BCUT2D eigenvalue weighted by atomic mass is 9.99. The Morgan fingerprint density at radius 1 is 1.35 bits per heavy atom. The molecular weight excluding hydrogens is 212 g/mol. The number of nitrogens with zero attached hydrogens (tertiary/aromatic N) is 3. The Bertz CT molecular complexity index is 353. The van der Waals surface area contributed by atoms with Crippen LogP contribution in [-0.4, -0.2) is 16.7 Å². The molecule has 0 aliphatic heterocycles. The van der Waals surface area contributed by atoms with E-state index in [4.69, 9.17) is 5.26 Å². The molecule has 4 heteroatoms. The second kappa shape index (κ2) is 7.61. The van der Waals surface area contributed by atoms with Gasteiger partial charge in [-0.25, -0.2) is 0 Å². The van der Waals surface area contributed by atoms with Gasteiger partial charge < -0.3 is 5.32 Å². The molecule has 0 aliphatic carbocycles. The predicted octanol–water partition coefficient (Wildman–Crippen LogP) is 2.98. The Morgan fingerprint density at radius 2 is 2.18 bits per heavy atom. The average molecular weight is 232 g/mol. The van der Waals surface area contributed by atoms with Crippen LogP contribution in [0.15, 0.2) is 12.1 Å². The molecule has 0 fully saturated rings. The van der Waals surface area contributed by atoms with E-state index in [1.165, 1.54) is 25.7 Å². The van der Waals surface area contributed by atoms with Crippen LogP contribution in [0.2, 0.25) is 0 Å². The molecule has 1 heterocycles. The first-order chi connectivity index (χ1) is 8.30. The lowest BCUT2D eigenvalue weighted by Crippen LogP contribution is -2.14. The Hall–Kier alpha value is -1.63. The normalized spacial score (nSPS) is 11.8. The number of hydrogen-bond acceptors (Lipinski definition) is 4. The molecule has 1 aromatic heterocycles. The van der Waals surface area contributed by atoms with Gasteiger partial charge >= 0.3 is 0 Å². The van der Waals surface area contributed by atoms with Crippen molar-refractivity contribution in [2.45, 2.75) is 39.5 Å². The summed E-state index contributed by atoms with van der Waals surface area (Å²) < 4.78 is 0. The van der Waals surface area contributed by atoms with Crippen LogP contribution < -0.4 is 5.32 Å². The third kappa shape index (κ3) is 4.81. The van der Waals surface area contributed by atoms with Gasteiger partial charge in [0.15, 0.2) is 5.69 Å². The molecule has 0 amide bonds. The van der Waals surface area contributed by atoms with Crippen molar-refractivity contribution in [3.8, 4) is 6.07 Å². The number of hydrogen-bond donors (Lipinski definition) is 1. The summed E-state index contributed by atoms with van der Waals surface area (Å²) in [6, 6.07) is 5.44. The maximum atomic E-state index is 8.61. The van der Waals surface area contributed by atoms with Crippen LogP contribution in [0.5, 0.6) is 0 Å². The van der Waals surface area contributed by atoms with Gasteiger partial charge in [-0.3, -0.25) is 0 Å². The first-order valence-electron chi connectivity index (χ1n) is 6.27. The Balaban J connectivity index is 2.40. The maximum absolute atomic E-state index is 8.61. The fraction of sp³-hybridized carbons (Fsp3) is 0.615. The molecule has 92 valence electrons. The van der Waals surface area contributed by atoms with Gasteiger partial charge in [-0.2, -0.15) is 5.26 Å². The van der Waals surface area contributed by atoms with Gasteiger partial charge in [-0.15, -0.1) is 10.2 Å². The average Bonchev–Trinajstić information content (AvgIpc) is 2.39. The highest BCUT2D eigenvalue weighted by atomic mass is 15.2. The van der Waals surface area contributed by atoms with Crippen molar-refractivity contribution in [2.75, 3.05) is 11.9 Å².